The van der Waals surface area contributed by atoms with Gasteiger partial charge in [-0.25, -0.2) is 0 Å². The van der Waals surface area contributed by atoms with Crippen LogP contribution in [-0.4, -0.2) is 17.6 Å². The Kier molecular flexibility index (Phi) is 4.55. The van der Waals surface area contributed by atoms with E-state index >= 15 is 0 Å². The van der Waals surface area contributed by atoms with Crippen LogP contribution in [0, 0.1) is 6.92 Å². The smallest absolute Gasteiger partial charge is 0.0305 e. The van der Waals surface area contributed by atoms with Crippen molar-refractivity contribution in [2.45, 2.75) is 57.9 Å². The highest BCUT2D eigenvalue weighted by Gasteiger charge is 2.25. The van der Waals surface area contributed by atoms with Gasteiger partial charge < -0.3 is 5.32 Å². The number of aromatic nitrogens is 1. The predicted molar refractivity (Wildman–Crippen MR) is 72.3 cm³/mol. The van der Waals surface area contributed by atoms with Gasteiger partial charge in [-0.3, -0.25) is 4.98 Å². The highest BCUT2D eigenvalue weighted by atomic mass is 14.9. The highest BCUT2D eigenvalue weighted by Crippen LogP contribution is 2.33. The molecule has 0 aliphatic heterocycles. The Balaban J connectivity index is 2.22. The largest absolute Gasteiger partial charge is 0.314 e. The van der Waals surface area contributed by atoms with Crippen molar-refractivity contribution >= 4 is 0 Å². The van der Waals surface area contributed by atoms with E-state index in [0.29, 0.717) is 12.0 Å². The van der Waals surface area contributed by atoms with Gasteiger partial charge in [0.25, 0.3) is 0 Å². The van der Waals surface area contributed by atoms with Gasteiger partial charge in [-0.1, -0.05) is 26.2 Å². The van der Waals surface area contributed by atoms with Crippen molar-refractivity contribution in [1.82, 2.24) is 10.3 Å². The molecule has 1 N–H and O–H groups in total. The zero-order valence-corrected chi connectivity index (χ0v) is 11.1. The van der Waals surface area contributed by atoms with Crippen LogP contribution in [0.2, 0.25) is 0 Å². The molecule has 2 heteroatoms. The van der Waals surface area contributed by atoms with Crippen LogP contribution in [0.1, 0.15) is 56.1 Å². The van der Waals surface area contributed by atoms with Crippen LogP contribution in [0.3, 0.4) is 0 Å². The summed E-state index contributed by atoms with van der Waals surface area (Å²) in [7, 11) is 0. The van der Waals surface area contributed by atoms with E-state index < -0.39 is 0 Å². The van der Waals surface area contributed by atoms with Gasteiger partial charge in [0.05, 0.1) is 0 Å². The summed E-state index contributed by atoms with van der Waals surface area (Å²) in [5.74, 6) is 0.658. The maximum Gasteiger partial charge on any atom is 0.0305 e. The molecule has 2 nitrogen and oxygen atoms in total. The molecule has 1 aliphatic rings. The minimum atomic E-state index is 0.644. The number of hydrogen-bond acceptors (Lipinski definition) is 2. The van der Waals surface area contributed by atoms with Gasteiger partial charge in [0.1, 0.15) is 0 Å². The van der Waals surface area contributed by atoms with Crippen molar-refractivity contribution < 1.29 is 0 Å². The number of rotatable bonds is 3. The van der Waals surface area contributed by atoms with Gasteiger partial charge in [0.2, 0.25) is 0 Å². The zero-order valence-electron chi connectivity index (χ0n) is 11.1. The second-order valence-corrected chi connectivity index (χ2v) is 5.14. The molecule has 2 unspecified atom stereocenters. The van der Waals surface area contributed by atoms with Crippen LogP contribution in [-0.2, 0) is 0 Å². The van der Waals surface area contributed by atoms with Crippen molar-refractivity contribution in [1.29, 1.82) is 0 Å². The van der Waals surface area contributed by atoms with Gasteiger partial charge >= 0.3 is 0 Å². The van der Waals surface area contributed by atoms with E-state index in [1.807, 2.05) is 6.20 Å². The minimum absolute atomic E-state index is 0.644. The number of aryl methyl sites for hydroxylation is 1. The molecule has 0 bridgehead atoms. The topological polar surface area (TPSA) is 24.9 Å². The van der Waals surface area contributed by atoms with Crippen LogP contribution in [0.5, 0.6) is 0 Å². The molecule has 0 radical (unpaired) electrons. The summed E-state index contributed by atoms with van der Waals surface area (Å²) in [5, 5.41) is 3.67. The summed E-state index contributed by atoms with van der Waals surface area (Å²) >= 11 is 0. The van der Waals surface area contributed by atoms with Crippen molar-refractivity contribution in [2.75, 3.05) is 6.54 Å². The SMILES string of the molecule is CCNC1CCCCCC1c1cnccc1C. The first-order chi connectivity index (χ1) is 8.33. The van der Waals surface area contributed by atoms with Crippen LogP contribution in [0.25, 0.3) is 0 Å². The van der Waals surface area contributed by atoms with Gasteiger partial charge in [-0.2, -0.15) is 0 Å². The molecule has 0 saturated heterocycles. The average molecular weight is 232 g/mol. The number of pyridine rings is 1. The molecule has 1 aromatic rings. The zero-order chi connectivity index (χ0) is 12.1. The quantitative estimate of drug-likeness (QED) is 0.808. The number of hydrogen-bond donors (Lipinski definition) is 1. The van der Waals surface area contributed by atoms with E-state index in [1.165, 1.54) is 43.2 Å². The Labute approximate surface area is 105 Å². The highest BCUT2D eigenvalue weighted by molar-refractivity contribution is 5.27. The van der Waals surface area contributed by atoms with E-state index in [0.717, 1.165) is 6.54 Å². The maximum absolute atomic E-state index is 4.32. The second-order valence-electron chi connectivity index (χ2n) is 5.14. The molecule has 1 aromatic heterocycles. The van der Waals surface area contributed by atoms with E-state index in [2.05, 4.69) is 36.4 Å². The Hall–Kier alpha value is -0.890. The Morgan fingerprint density at radius 2 is 2.12 bits per heavy atom. The summed E-state index contributed by atoms with van der Waals surface area (Å²) in [6.45, 7) is 5.49. The Bertz CT molecular complexity index is 349. The molecule has 1 fully saturated rings. The first-order valence-corrected chi connectivity index (χ1v) is 6.96. The molecule has 94 valence electrons. The van der Waals surface area contributed by atoms with Crippen LogP contribution < -0.4 is 5.32 Å². The maximum atomic E-state index is 4.32. The molecular formula is C15H24N2. The van der Waals surface area contributed by atoms with E-state index in [4.69, 9.17) is 0 Å². The van der Waals surface area contributed by atoms with E-state index in [-0.39, 0.29) is 0 Å². The molecular weight excluding hydrogens is 208 g/mol. The third-order valence-corrected chi connectivity index (χ3v) is 3.96. The van der Waals surface area contributed by atoms with Crippen molar-refractivity contribution in [3.63, 3.8) is 0 Å². The summed E-state index contributed by atoms with van der Waals surface area (Å²) in [6, 6.07) is 2.79. The number of nitrogens with one attached hydrogen (secondary N) is 1. The molecule has 2 atom stereocenters. The third kappa shape index (κ3) is 3.06. The van der Waals surface area contributed by atoms with Crippen LogP contribution >= 0.6 is 0 Å². The summed E-state index contributed by atoms with van der Waals surface area (Å²) in [5.41, 5.74) is 2.86. The predicted octanol–water partition coefficient (Wildman–Crippen LogP) is 3.42. The molecule has 17 heavy (non-hydrogen) atoms. The molecule has 1 aliphatic carbocycles. The fourth-order valence-corrected chi connectivity index (χ4v) is 3.05. The first kappa shape index (κ1) is 12.6. The van der Waals surface area contributed by atoms with Gasteiger partial charge in [-0.15, -0.1) is 0 Å². The lowest BCUT2D eigenvalue weighted by atomic mass is 9.86. The van der Waals surface area contributed by atoms with Crippen molar-refractivity contribution in [2.24, 2.45) is 0 Å². The third-order valence-electron chi connectivity index (χ3n) is 3.96. The number of nitrogens with zero attached hydrogens (tertiary/aromatic N) is 1. The normalized spacial score (nSPS) is 25.5. The number of likely N-dealkylation sites (N-methyl/N-ethyl adjacent to an activating group) is 1. The van der Waals surface area contributed by atoms with Crippen LogP contribution in [0.15, 0.2) is 18.5 Å². The van der Waals surface area contributed by atoms with Gasteiger partial charge in [0.15, 0.2) is 0 Å². The Morgan fingerprint density at radius 3 is 2.88 bits per heavy atom. The summed E-state index contributed by atoms with van der Waals surface area (Å²) < 4.78 is 0. The standard InChI is InChI=1S/C15H24N2/c1-3-17-15-8-6-4-5-7-13(15)14-11-16-10-9-12(14)2/h9-11,13,15,17H,3-8H2,1-2H3. The lowest BCUT2D eigenvalue weighted by Crippen LogP contribution is -2.34. The minimum Gasteiger partial charge on any atom is -0.314 e. The molecule has 0 amide bonds. The first-order valence-electron chi connectivity index (χ1n) is 6.96. The monoisotopic (exact) mass is 232 g/mol. The molecule has 0 aromatic carbocycles. The summed E-state index contributed by atoms with van der Waals surface area (Å²) in [4.78, 5) is 4.32. The molecule has 1 saturated carbocycles. The van der Waals surface area contributed by atoms with Crippen molar-refractivity contribution in [3.05, 3.63) is 29.6 Å². The molecule has 1 heterocycles. The van der Waals surface area contributed by atoms with Crippen molar-refractivity contribution in [3.8, 4) is 0 Å². The summed E-state index contributed by atoms with van der Waals surface area (Å²) in [6.07, 6.45) is 10.7. The second kappa shape index (κ2) is 6.15. The van der Waals surface area contributed by atoms with Gasteiger partial charge in [-0.05, 0) is 43.5 Å². The Morgan fingerprint density at radius 1 is 1.29 bits per heavy atom. The van der Waals surface area contributed by atoms with E-state index in [9.17, 15) is 0 Å². The van der Waals surface area contributed by atoms with Crippen LogP contribution in [0.4, 0.5) is 0 Å². The van der Waals surface area contributed by atoms with Gasteiger partial charge in [0, 0.05) is 24.4 Å². The lowest BCUT2D eigenvalue weighted by molar-refractivity contribution is 0.417. The fourth-order valence-electron chi connectivity index (χ4n) is 3.05. The average Bonchev–Trinajstić information content (AvgIpc) is 2.56. The molecule has 0 spiro atoms. The lowest BCUT2D eigenvalue weighted by Gasteiger charge is -2.27. The fraction of sp³-hybridized carbons (Fsp3) is 0.667. The molecule has 2 rings (SSSR count). The van der Waals surface area contributed by atoms with E-state index in [1.54, 1.807) is 0 Å².